The zero-order valence-electron chi connectivity index (χ0n) is 9.84. The first-order chi connectivity index (χ1) is 7.33. The summed E-state index contributed by atoms with van der Waals surface area (Å²) in [7, 11) is 0. The SMILES string of the molecule is CC1CC1NCC1CC2CCCCC2N1. The van der Waals surface area contributed by atoms with Crippen molar-refractivity contribution in [3.05, 3.63) is 0 Å². The summed E-state index contributed by atoms with van der Waals surface area (Å²) in [6.07, 6.45) is 8.67. The highest BCUT2D eigenvalue weighted by Crippen LogP contribution is 2.34. The van der Waals surface area contributed by atoms with Gasteiger partial charge >= 0.3 is 0 Å². The molecule has 1 aliphatic heterocycles. The van der Waals surface area contributed by atoms with Gasteiger partial charge in [0.2, 0.25) is 0 Å². The molecule has 3 aliphatic rings. The third-order valence-electron chi connectivity index (χ3n) is 4.68. The highest BCUT2D eigenvalue weighted by atomic mass is 15.1. The summed E-state index contributed by atoms with van der Waals surface area (Å²) in [5, 5.41) is 7.52. The van der Waals surface area contributed by atoms with E-state index < -0.39 is 0 Å². The third-order valence-corrected chi connectivity index (χ3v) is 4.68. The quantitative estimate of drug-likeness (QED) is 0.740. The third kappa shape index (κ3) is 2.21. The van der Waals surface area contributed by atoms with E-state index in [1.165, 1.54) is 45.1 Å². The Morgan fingerprint density at radius 1 is 1.20 bits per heavy atom. The molecular weight excluding hydrogens is 184 g/mol. The minimum atomic E-state index is 0.769. The second-order valence-corrected chi connectivity index (χ2v) is 5.98. The highest BCUT2D eigenvalue weighted by molar-refractivity contribution is 4.96. The van der Waals surface area contributed by atoms with Crippen molar-refractivity contribution in [3.63, 3.8) is 0 Å². The van der Waals surface area contributed by atoms with Crippen molar-refractivity contribution in [1.82, 2.24) is 10.6 Å². The zero-order valence-corrected chi connectivity index (χ0v) is 9.84. The lowest BCUT2D eigenvalue weighted by atomic mass is 9.85. The van der Waals surface area contributed by atoms with Gasteiger partial charge in [0, 0.05) is 24.7 Å². The molecule has 2 heteroatoms. The molecule has 1 heterocycles. The van der Waals surface area contributed by atoms with Crippen molar-refractivity contribution in [3.8, 4) is 0 Å². The number of hydrogen-bond acceptors (Lipinski definition) is 2. The van der Waals surface area contributed by atoms with Gasteiger partial charge in [-0.15, -0.1) is 0 Å². The molecule has 2 aliphatic carbocycles. The van der Waals surface area contributed by atoms with Crippen LogP contribution in [0.4, 0.5) is 0 Å². The molecule has 0 radical (unpaired) electrons. The van der Waals surface area contributed by atoms with Gasteiger partial charge in [-0.25, -0.2) is 0 Å². The summed E-state index contributed by atoms with van der Waals surface area (Å²) in [5.74, 6) is 1.94. The largest absolute Gasteiger partial charge is 0.312 e. The monoisotopic (exact) mass is 208 g/mol. The van der Waals surface area contributed by atoms with E-state index in [1.54, 1.807) is 0 Å². The van der Waals surface area contributed by atoms with Crippen LogP contribution >= 0.6 is 0 Å². The maximum Gasteiger partial charge on any atom is 0.0198 e. The molecule has 0 spiro atoms. The van der Waals surface area contributed by atoms with Crippen molar-refractivity contribution in [2.45, 2.75) is 63.6 Å². The van der Waals surface area contributed by atoms with Crippen LogP contribution in [0.3, 0.4) is 0 Å². The summed E-state index contributed by atoms with van der Waals surface area (Å²) in [4.78, 5) is 0. The van der Waals surface area contributed by atoms with Crippen molar-refractivity contribution in [2.75, 3.05) is 6.54 Å². The van der Waals surface area contributed by atoms with Crippen LogP contribution < -0.4 is 10.6 Å². The van der Waals surface area contributed by atoms with Crippen LogP contribution in [0.2, 0.25) is 0 Å². The average molecular weight is 208 g/mol. The smallest absolute Gasteiger partial charge is 0.0198 e. The Bertz CT molecular complexity index is 215. The van der Waals surface area contributed by atoms with Gasteiger partial charge in [0.25, 0.3) is 0 Å². The van der Waals surface area contributed by atoms with Crippen LogP contribution in [-0.4, -0.2) is 24.7 Å². The fraction of sp³-hybridized carbons (Fsp3) is 1.00. The molecular formula is C13H24N2. The number of nitrogens with one attached hydrogen (secondary N) is 2. The maximum atomic E-state index is 3.83. The van der Waals surface area contributed by atoms with Crippen molar-refractivity contribution >= 4 is 0 Å². The van der Waals surface area contributed by atoms with Crippen LogP contribution in [0.15, 0.2) is 0 Å². The number of hydrogen-bond donors (Lipinski definition) is 2. The molecule has 1 saturated heterocycles. The fourth-order valence-electron chi connectivity index (χ4n) is 3.49. The van der Waals surface area contributed by atoms with Crippen LogP contribution in [0.25, 0.3) is 0 Å². The Morgan fingerprint density at radius 2 is 2.00 bits per heavy atom. The molecule has 5 atom stereocenters. The molecule has 0 amide bonds. The van der Waals surface area contributed by atoms with Gasteiger partial charge in [0.05, 0.1) is 0 Å². The molecule has 0 aromatic rings. The maximum absolute atomic E-state index is 3.83. The molecule has 3 rings (SSSR count). The lowest BCUT2D eigenvalue weighted by Crippen LogP contribution is -2.39. The molecule has 0 aromatic heterocycles. The van der Waals surface area contributed by atoms with Crippen LogP contribution in [0.5, 0.6) is 0 Å². The van der Waals surface area contributed by atoms with Crippen LogP contribution in [-0.2, 0) is 0 Å². The van der Waals surface area contributed by atoms with Gasteiger partial charge < -0.3 is 10.6 Å². The van der Waals surface area contributed by atoms with E-state index in [0.717, 1.165) is 30.0 Å². The van der Waals surface area contributed by atoms with E-state index in [9.17, 15) is 0 Å². The van der Waals surface area contributed by atoms with Crippen molar-refractivity contribution in [2.24, 2.45) is 11.8 Å². The average Bonchev–Trinajstić information content (AvgIpc) is 2.79. The molecule has 3 fully saturated rings. The second-order valence-electron chi connectivity index (χ2n) is 5.98. The number of fused-ring (bicyclic) bond motifs is 1. The lowest BCUT2D eigenvalue weighted by Gasteiger charge is -2.24. The first kappa shape index (κ1) is 10.1. The first-order valence-electron chi connectivity index (χ1n) is 6.82. The Hall–Kier alpha value is -0.0800. The van der Waals surface area contributed by atoms with E-state index in [-0.39, 0.29) is 0 Å². The van der Waals surface area contributed by atoms with E-state index in [0.29, 0.717) is 0 Å². The minimum absolute atomic E-state index is 0.769. The van der Waals surface area contributed by atoms with Gasteiger partial charge in [-0.2, -0.15) is 0 Å². The summed E-state index contributed by atoms with van der Waals surface area (Å²) in [6.45, 7) is 3.56. The molecule has 15 heavy (non-hydrogen) atoms. The van der Waals surface area contributed by atoms with Gasteiger partial charge in [-0.3, -0.25) is 0 Å². The summed E-state index contributed by atoms with van der Waals surface area (Å²) >= 11 is 0. The first-order valence-corrected chi connectivity index (χ1v) is 6.82. The summed E-state index contributed by atoms with van der Waals surface area (Å²) in [6, 6.07) is 2.47. The van der Waals surface area contributed by atoms with E-state index in [1.807, 2.05) is 0 Å². The van der Waals surface area contributed by atoms with Gasteiger partial charge in [-0.05, 0) is 37.5 Å². The Balaban J connectivity index is 1.44. The van der Waals surface area contributed by atoms with Gasteiger partial charge in [0.1, 0.15) is 0 Å². The molecule has 0 aromatic carbocycles. The summed E-state index contributed by atoms with van der Waals surface area (Å²) < 4.78 is 0. The molecule has 2 nitrogen and oxygen atoms in total. The van der Waals surface area contributed by atoms with E-state index in [4.69, 9.17) is 0 Å². The summed E-state index contributed by atoms with van der Waals surface area (Å²) in [5.41, 5.74) is 0. The molecule has 0 bridgehead atoms. The second kappa shape index (κ2) is 4.06. The molecule has 86 valence electrons. The Morgan fingerprint density at radius 3 is 2.73 bits per heavy atom. The van der Waals surface area contributed by atoms with Crippen molar-refractivity contribution < 1.29 is 0 Å². The topological polar surface area (TPSA) is 24.1 Å². The minimum Gasteiger partial charge on any atom is -0.312 e. The van der Waals surface area contributed by atoms with Crippen LogP contribution in [0, 0.1) is 11.8 Å². The highest BCUT2D eigenvalue weighted by Gasteiger charge is 2.37. The predicted octanol–water partition coefficient (Wildman–Crippen LogP) is 1.91. The molecule has 2 N–H and O–H groups in total. The zero-order chi connectivity index (χ0) is 10.3. The Kier molecular flexibility index (Phi) is 2.73. The normalized spacial score (nSPS) is 49.0. The number of rotatable bonds is 3. The fourth-order valence-corrected chi connectivity index (χ4v) is 3.49. The lowest BCUT2D eigenvalue weighted by molar-refractivity contribution is 0.325. The molecule has 2 saturated carbocycles. The van der Waals surface area contributed by atoms with E-state index >= 15 is 0 Å². The standard InChI is InChI=1S/C13H24N2/c1-9-6-13(9)14-8-11-7-10-4-2-3-5-12(10)15-11/h9-15H,2-8H2,1H3. The van der Waals surface area contributed by atoms with E-state index in [2.05, 4.69) is 17.6 Å². The van der Waals surface area contributed by atoms with Gasteiger partial charge in [0.15, 0.2) is 0 Å². The molecule has 5 unspecified atom stereocenters. The van der Waals surface area contributed by atoms with Crippen LogP contribution in [0.1, 0.15) is 45.4 Å². The predicted molar refractivity (Wildman–Crippen MR) is 62.9 cm³/mol. The van der Waals surface area contributed by atoms with Gasteiger partial charge in [-0.1, -0.05) is 19.8 Å². The Labute approximate surface area is 93.2 Å². The van der Waals surface area contributed by atoms with Crippen molar-refractivity contribution in [1.29, 1.82) is 0 Å².